The van der Waals surface area contributed by atoms with Gasteiger partial charge in [0.1, 0.15) is 4.88 Å². The number of benzene rings is 3. The minimum absolute atomic E-state index is 0.157. The Morgan fingerprint density at radius 1 is 0.900 bits per heavy atom. The number of aromatic nitrogens is 1. The molecule has 0 fully saturated rings. The zero-order chi connectivity index (χ0) is 20.7. The first-order chi connectivity index (χ1) is 14.6. The van der Waals surface area contributed by atoms with E-state index in [0.717, 1.165) is 25.9 Å². The third-order valence-corrected chi connectivity index (χ3v) is 7.67. The molecule has 0 spiro atoms. The molecule has 5 rings (SSSR count). The van der Waals surface area contributed by atoms with E-state index in [9.17, 15) is 4.79 Å². The van der Waals surface area contributed by atoms with Gasteiger partial charge in [0.2, 0.25) is 0 Å². The van der Waals surface area contributed by atoms with Crippen molar-refractivity contribution in [2.24, 2.45) is 0 Å². The molecule has 148 valence electrons. The molecule has 0 aliphatic rings. The molecule has 0 N–H and O–H groups in total. The van der Waals surface area contributed by atoms with Gasteiger partial charge in [0.05, 0.1) is 21.8 Å². The van der Waals surface area contributed by atoms with Gasteiger partial charge >= 0.3 is 0 Å². The molecule has 0 atom stereocenters. The highest BCUT2D eigenvalue weighted by molar-refractivity contribution is 7.23. The molecule has 0 unspecified atom stereocenters. The second-order valence-electron chi connectivity index (χ2n) is 6.73. The first-order valence-corrected chi connectivity index (χ1v) is 11.6. The third kappa shape index (κ3) is 3.59. The fourth-order valence-electron chi connectivity index (χ4n) is 3.27. The Bertz CT molecular complexity index is 1380. The van der Waals surface area contributed by atoms with Gasteiger partial charge in [0, 0.05) is 15.1 Å². The van der Waals surface area contributed by atoms with Crippen LogP contribution in [-0.2, 0) is 6.54 Å². The van der Waals surface area contributed by atoms with E-state index in [-0.39, 0.29) is 5.91 Å². The third-order valence-electron chi connectivity index (χ3n) is 4.73. The molecule has 2 heterocycles. The molecule has 7 heteroatoms. The molecule has 3 nitrogen and oxygen atoms in total. The highest BCUT2D eigenvalue weighted by atomic mass is 35.5. The lowest BCUT2D eigenvalue weighted by Gasteiger charge is -2.19. The molecule has 2 aromatic heterocycles. The van der Waals surface area contributed by atoms with Gasteiger partial charge in [0.25, 0.3) is 5.91 Å². The Kier molecular flexibility index (Phi) is 5.21. The lowest BCUT2D eigenvalue weighted by Crippen LogP contribution is -2.29. The number of nitrogens with zero attached hydrogens (tertiary/aromatic N) is 2. The second kappa shape index (κ2) is 8.00. The van der Waals surface area contributed by atoms with Crippen molar-refractivity contribution >= 4 is 77.2 Å². The normalized spacial score (nSPS) is 11.3. The van der Waals surface area contributed by atoms with Crippen molar-refractivity contribution < 1.29 is 4.79 Å². The van der Waals surface area contributed by atoms with E-state index in [4.69, 9.17) is 28.2 Å². The number of thiazole rings is 1. The summed E-state index contributed by atoms with van der Waals surface area (Å²) in [5.74, 6) is -0.157. The molecule has 0 saturated carbocycles. The van der Waals surface area contributed by atoms with Gasteiger partial charge in [-0.2, -0.15) is 0 Å². The van der Waals surface area contributed by atoms with Crippen LogP contribution in [0.1, 0.15) is 15.2 Å². The quantitative estimate of drug-likeness (QED) is 0.271. The molecule has 0 aliphatic carbocycles. The molecule has 3 aromatic carbocycles. The number of amides is 1. The number of fused-ring (bicyclic) bond motifs is 2. The standard InChI is InChI=1S/C23H14Cl2N2OS2/c24-15-10-11-17-19(12-15)30-23(26-17)27(13-14-6-2-1-3-7-14)22(28)21-20(25)16-8-4-5-9-18(16)29-21/h1-12H,13H2. The lowest BCUT2D eigenvalue weighted by molar-refractivity contribution is 0.0989. The molecular formula is C23H14Cl2N2OS2. The minimum atomic E-state index is -0.157. The summed E-state index contributed by atoms with van der Waals surface area (Å²) in [6.45, 7) is 0.401. The topological polar surface area (TPSA) is 33.2 Å². The summed E-state index contributed by atoms with van der Waals surface area (Å²) >= 11 is 15.6. The Balaban J connectivity index is 1.62. The summed E-state index contributed by atoms with van der Waals surface area (Å²) in [4.78, 5) is 20.6. The maximum atomic E-state index is 13.7. The summed E-state index contributed by atoms with van der Waals surface area (Å²) in [5, 5.41) is 2.65. The van der Waals surface area contributed by atoms with Crippen LogP contribution in [0, 0.1) is 0 Å². The number of anilines is 1. The Labute approximate surface area is 191 Å². The van der Waals surface area contributed by atoms with E-state index < -0.39 is 0 Å². The summed E-state index contributed by atoms with van der Waals surface area (Å²) in [7, 11) is 0. The summed E-state index contributed by atoms with van der Waals surface area (Å²) in [6.07, 6.45) is 0. The number of carbonyl (C=O) groups is 1. The van der Waals surface area contributed by atoms with Crippen LogP contribution < -0.4 is 4.90 Å². The summed E-state index contributed by atoms with van der Waals surface area (Å²) in [5.41, 5.74) is 1.83. The van der Waals surface area contributed by atoms with Crippen LogP contribution in [0.3, 0.4) is 0 Å². The van der Waals surface area contributed by atoms with Crippen LogP contribution in [0.5, 0.6) is 0 Å². The van der Waals surface area contributed by atoms with Crippen LogP contribution in [0.15, 0.2) is 72.8 Å². The van der Waals surface area contributed by atoms with Crippen molar-refractivity contribution in [3.05, 3.63) is 93.3 Å². The van der Waals surface area contributed by atoms with Crippen LogP contribution in [0.25, 0.3) is 20.3 Å². The predicted octanol–water partition coefficient (Wildman–Crippen LogP) is 7.66. The van der Waals surface area contributed by atoms with Gasteiger partial charge in [-0.15, -0.1) is 11.3 Å². The van der Waals surface area contributed by atoms with Gasteiger partial charge in [0.15, 0.2) is 5.13 Å². The van der Waals surface area contributed by atoms with Gasteiger partial charge in [-0.25, -0.2) is 4.98 Å². The molecule has 0 saturated heterocycles. The van der Waals surface area contributed by atoms with E-state index >= 15 is 0 Å². The Morgan fingerprint density at radius 2 is 1.67 bits per heavy atom. The average Bonchev–Trinajstić information content (AvgIpc) is 3.33. The molecule has 1 amide bonds. The van der Waals surface area contributed by atoms with Crippen molar-refractivity contribution in [2.45, 2.75) is 6.54 Å². The first-order valence-electron chi connectivity index (χ1n) is 9.19. The van der Waals surface area contributed by atoms with Gasteiger partial charge in [-0.1, -0.05) is 83.1 Å². The largest absolute Gasteiger partial charge is 0.279 e. The SMILES string of the molecule is O=C(c1sc2ccccc2c1Cl)N(Cc1ccccc1)c1nc2ccc(Cl)cc2s1. The van der Waals surface area contributed by atoms with Crippen LogP contribution in [0.4, 0.5) is 5.13 Å². The number of hydrogen-bond acceptors (Lipinski definition) is 4. The second-order valence-corrected chi connectivity index (χ2v) is 9.60. The number of thiophene rings is 1. The van der Waals surface area contributed by atoms with Crippen LogP contribution >= 0.6 is 45.9 Å². The molecule has 5 aromatic rings. The Morgan fingerprint density at radius 3 is 2.47 bits per heavy atom. The molecule has 0 radical (unpaired) electrons. The number of hydrogen-bond donors (Lipinski definition) is 0. The molecule has 30 heavy (non-hydrogen) atoms. The van der Waals surface area contributed by atoms with Gasteiger partial charge < -0.3 is 0 Å². The van der Waals surface area contributed by atoms with E-state index in [1.807, 2.05) is 66.7 Å². The smallest absolute Gasteiger partial charge is 0.272 e. The highest BCUT2D eigenvalue weighted by Gasteiger charge is 2.26. The summed E-state index contributed by atoms with van der Waals surface area (Å²) in [6, 6.07) is 23.2. The van der Waals surface area contributed by atoms with Gasteiger partial charge in [-0.05, 0) is 29.8 Å². The molecule has 0 bridgehead atoms. The Hall–Kier alpha value is -2.44. The maximum Gasteiger partial charge on any atom is 0.272 e. The first kappa shape index (κ1) is 19.5. The van der Waals surface area contributed by atoms with Crippen LogP contribution in [0.2, 0.25) is 10.0 Å². The van der Waals surface area contributed by atoms with Crippen LogP contribution in [-0.4, -0.2) is 10.9 Å². The predicted molar refractivity (Wildman–Crippen MR) is 128 cm³/mol. The molecule has 0 aliphatic heterocycles. The fraction of sp³-hybridized carbons (Fsp3) is 0.0435. The van der Waals surface area contributed by atoms with E-state index in [2.05, 4.69) is 0 Å². The van der Waals surface area contributed by atoms with E-state index in [1.54, 1.807) is 11.0 Å². The van der Waals surface area contributed by atoms with Crippen molar-refractivity contribution in [2.75, 3.05) is 4.90 Å². The lowest BCUT2D eigenvalue weighted by atomic mass is 10.2. The average molecular weight is 469 g/mol. The molecular weight excluding hydrogens is 455 g/mol. The number of carbonyl (C=O) groups excluding carboxylic acids is 1. The van der Waals surface area contributed by atoms with E-state index in [1.165, 1.54) is 22.7 Å². The highest BCUT2D eigenvalue weighted by Crippen LogP contribution is 2.38. The fourth-order valence-corrected chi connectivity index (χ4v) is 5.97. The van der Waals surface area contributed by atoms with Crippen molar-refractivity contribution in [1.29, 1.82) is 0 Å². The van der Waals surface area contributed by atoms with Gasteiger partial charge in [-0.3, -0.25) is 9.69 Å². The number of halogens is 2. The van der Waals surface area contributed by atoms with Crippen molar-refractivity contribution in [1.82, 2.24) is 4.98 Å². The van der Waals surface area contributed by atoms with Crippen molar-refractivity contribution in [3.8, 4) is 0 Å². The summed E-state index contributed by atoms with van der Waals surface area (Å²) < 4.78 is 1.92. The van der Waals surface area contributed by atoms with E-state index in [0.29, 0.717) is 26.6 Å². The zero-order valence-electron chi connectivity index (χ0n) is 15.5. The zero-order valence-corrected chi connectivity index (χ0v) is 18.7. The van der Waals surface area contributed by atoms with Crippen molar-refractivity contribution in [3.63, 3.8) is 0 Å². The maximum absolute atomic E-state index is 13.7. The monoisotopic (exact) mass is 468 g/mol. The minimum Gasteiger partial charge on any atom is -0.279 e. The number of rotatable bonds is 4.